The van der Waals surface area contributed by atoms with Crippen molar-refractivity contribution < 1.29 is 14.4 Å². The second-order valence-corrected chi connectivity index (χ2v) is 8.45. The number of rotatable bonds is 7. The number of carbonyl (C=O) groups is 3. The highest BCUT2D eigenvalue weighted by Gasteiger charge is 2.36. The Labute approximate surface area is 187 Å². The lowest BCUT2D eigenvalue weighted by atomic mass is 10.1. The molecule has 2 aromatic rings. The first kappa shape index (κ1) is 22.6. The van der Waals surface area contributed by atoms with Gasteiger partial charge in [-0.05, 0) is 86.5 Å². The highest BCUT2D eigenvalue weighted by molar-refractivity contribution is 8.18. The summed E-state index contributed by atoms with van der Waals surface area (Å²) in [5.74, 6) is -0.851. The van der Waals surface area contributed by atoms with E-state index in [2.05, 4.69) is 24.1 Å². The normalized spacial score (nSPS) is 15.0. The van der Waals surface area contributed by atoms with Crippen molar-refractivity contribution >= 4 is 46.3 Å². The minimum atomic E-state index is -0.446. The third-order valence-electron chi connectivity index (χ3n) is 5.00. The van der Waals surface area contributed by atoms with Crippen LogP contribution in [0.4, 0.5) is 16.2 Å². The van der Waals surface area contributed by atoms with E-state index in [1.54, 1.807) is 6.08 Å². The zero-order valence-corrected chi connectivity index (χ0v) is 19.1. The van der Waals surface area contributed by atoms with Gasteiger partial charge in [0, 0.05) is 24.5 Å². The minimum absolute atomic E-state index is 0.310. The van der Waals surface area contributed by atoms with E-state index < -0.39 is 17.1 Å². The van der Waals surface area contributed by atoms with Crippen molar-refractivity contribution in [2.24, 2.45) is 0 Å². The first-order chi connectivity index (χ1) is 14.8. The fourth-order valence-electron chi connectivity index (χ4n) is 3.55. The van der Waals surface area contributed by atoms with Crippen LogP contribution in [0.2, 0.25) is 0 Å². The van der Waals surface area contributed by atoms with Gasteiger partial charge in [-0.2, -0.15) is 0 Å². The Morgan fingerprint density at radius 2 is 1.65 bits per heavy atom. The Hall–Kier alpha value is -3.06. The van der Waals surface area contributed by atoms with Crippen molar-refractivity contribution in [1.29, 1.82) is 0 Å². The summed E-state index contributed by atoms with van der Waals surface area (Å²) in [6.07, 6.45) is 1.69. The van der Waals surface area contributed by atoms with Crippen molar-refractivity contribution in [2.45, 2.75) is 27.7 Å². The number of thioether (sulfide) groups is 1. The Bertz CT molecular complexity index is 1010. The van der Waals surface area contributed by atoms with E-state index in [9.17, 15) is 14.4 Å². The average molecular weight is 438 g/mol. The van der Waals surface area contributed by atoms with E-state index in [0.29, 0.717) is 10.6 Å². The molecule has 2 aromatic carbocycles. The Balaban J connectivity index is 1.68. The maximum atomic E-state index is 12.7. The number of carbonyl (C=O) groups excluding carboxylic acids is 3. The predicted octanol–water partition coefficient (Wildman–Crippen LogP) is 4.82. The average Bonchev–Trinajstić information content (AvgIpc) is 2.96. The second-order valence-electron chi connectivity index (χ2n) is 7.46. The topological polar surface area (TPSA) is 69.7 Å². The lowest BCUT2D eigenvalue weighted by Gasteiger charge is -2.20. The van der Waals surface area contributed by atoms with Gasteiger partial charge in [0.25, 0.3) is 11.1 Å². The summed E-state index contributed by atoms with van der Waals surface area (Å²) in [5, 5.41) is 2.33. The third-order valence-corrected chi connectivity index (χ3v) is 5.91. The summed E-state index contributed by atoms with van der Waals surface area (Å²) in [6.45, 7) is 9.61. The summed E-state index contributed by atoms with van der Waals surface area (Å²) in [6, 6.07) is 13.6. The van der Waals surface area contributed by atoms with Gasteiger partial charge in [0.2, 0.25) is 5.91 Å². The van der Waals surface area contributed by atoms with Crippen molar-refractivity contribution in [3.05, 3.63) is 64.1 Å². The van der Waals surface area contributed by atoms with Crippen molar-refractivity contribution in [3.8, 4) is 0 Å². The second kappa shape index (κ2) is 9.83. The molecule has 0 unspecified atom stereocenters. The van der Waals surface area contributed by atoms with Crippen LogP contribution in [0.5, 0.6) is 0 Å². The highest BCUT2D eigenvalue weighted by atomic mass is 32.2. The summed E-state index contributed by atoms with van der Waals surface area (Å²) < 4.78 is 0. The Morgan fingerprint density at radius 1 is 1.03 bits per heavy atom. The van der Waals surface area contributed by atoms with Crippen LogP contribution in [0.25, 0.3) is 6.08 Å². The van der Waals surface area contributed by atoms with Gasteiger partial charge >= 0.3 is 0 Å². The molecule has 6 nitrogen and oxygen atoms in total. The van der Waals surface area contributed by atoms with Gasteiger partial charge in [-0.3, -0.25) is 19.3 Å². The SMILES string of the molecule is CCN(CC)c1ccc(/C=C2/SC(=O)N(CC(=O)Nc3cc(C)cc(C)c3)C2=O)cc1. The summed E-state index contributed by atoms with van der Waals surface area (Å²) in [7, 11) is 0. The van der Waals surface area contributed by atoms with Crippen LogP contribution in [0, 0.1) is 13.8 Å². The number of aryl methyl sites for hydroxylation is 2. The zero-order chi connectivity index (χ0) is 22.5. The lowest BCUT2D eigenvalue weighted by molar-refractivity contribution is -0.127. The predicted molar refractivity (Wildman–Crippen MR) is 127 cm³/mol. The highest BCUT2D eigenvalue weighted by Crippen LogP contribution is 2.32. The van der Waals surface area contributed by atoms with Crippen LogP contribution >= 0.6 is 11.8 Å². The van der Waals surface area contributed by atoms with Crippen LogP contribution in [0.3, 0.4) is 0 Å². The number of hydrogen-bond acceptors (Lipinski definition) is 5. The quantitative estimate of drug-likeness (QED) is 0.629. The van der Waals surface area contributed by atoms with Crippen LogP contribution in [-0.2, 0) is 9.59 Å². The molecular weight excluding hydrogens is 410 g/mol. The summed E-state index contributed by atoms with van der Waals surface area (Å²) in [4.78, 5) is 41.0. The van der Waals surface area contributed by atoms with Gasteiger partial charge in [-0.25, -0.2) is 0 Å². The Kier molecular flexibility index (Phi) is 7.17. The number of amides is 3. The molecule has 0 bridgehead atoms. The summed E-state index contributed by atoms with van der Waals surface area (Å²) in [5.41, 5.74) is 4.64. The van der Waals surface area contributed by atoms with Gasteiger partial charge in [-0.1, -0.05) is 18.2 Å². The maximum absolute atomic E-state index is 12.7. The summed E-state index contributed by atoms with van der Waals surface area (Å²) >= 11 is 0.857. The van der Waals surface area contributed by atoms with Crippen molar-refractivity contribution in [2.75, 3.05) is 29.9 Å². The van der Waals surface area contributed by atoms with E-state index in [-0.39, 0.29) is 6.54 Å². The molecule has 0 aliphatic carbocycles. The number of hydrogen-bond donors (Lipinski definition) is 1. The van der Waals surface area contributed by atoms with Crippen molar-refractivity contribution in [1.82, 2.24) is 4.90 Å². The van der Waals surface area contributed by atoms with Gasteiger partial charge in [0.1, 0.15) is 6.54 Å². The number of nitrogens with one attached hydrogen (secondary N) is 1. The molecule has 0 aromatic heterocycles. The number of anilines is 2. The minimum Gasteiger partial charge on any atom is -0.372 e. The van der Waals surface area contributed by atoms with Gasteiger partial charge < -0.3 is 10.2 Å². The molecule has 3 amide bonds. The lowest BCUT2D eigenvalue weighted by Crippen LogP contribution is -2.36. The molecule has 1 saturated heterocycles. The third kappa shape index (κ3) is 5.55. The number of imide groups is 1. The molecule has 1 aliphatic rings. The first-order valence-electron chi connectivity index (χ1n) is 10.3. The molecule has 0 spiro atoms. The smallest absolute Gasteiger partial charge is 0.294 e. The number of benzene rings is 2. The molecular formula is C24H27N3O3S. The van der Waals surface area contributed by atoms with Gasteiger partial charge in [0.15, 0.2) is 0 Å². The molecule has 31 heavy (non-hydrogen) atoms. The molecule has 1 heterocycles. The fraction of sp³-hybridized carbons (Fsp3) is 0.292. The van der Waals surface area contributed by atoms with Crippen LogP contribution in [0.1, 0.15) is 30.5 Å². The molecule has 7 heteroatoms. The van der Waals surface area contributed by atoms with Crippen LogP contribution in [0.15, 0.2) is 47.4 Å². The van der Waals surface area contributed by atoms with E-state index in [1.165, 1.54) is 0 Å². The molecule has 0 atom stereocenters. The standard InChI is InChI=1S/C24H27N3O3S/c1-5-26(6-2)20-9-7-18(8-10-20)14-21-23(29)27(24(30)31-21)15-22(28)25-19-12-16(3)11-17(4)13-19/h7-14H,5-6,15H2,1-4H3,(H,25,28)/b21-14+. The molecule has 162 valence electrons. The van der Waals surface area contributed by atoms with Gasteiger partial charge in [0.05, 0.1) is 4.91 Å². The van der Waals surface area contributed by atoms with E-state index in [0.717, 1.165) is 52.1 Å². The monoisotopic (exact) mass is 437 g/mol. The zero-order valence-electron chi connectivity index (χ0n) is 18.3. The van der Waals surface area contributed by atoms with E-state index in [1.807, 2.05) is 56.3 Å². The van der Waals surface area contributed by atoms with Gasteiger partial charge in [-0.15, -0.1) is 0 Å². The largest absolute Gasteiger partial charge is 0.372 e. The Morgan fingerprint density at radius 3 is 2.23 bits per heavy atom. The molecule has 3 rings (SSSR count). The van der Waals surface area contributed by atoms with E-state index >= 15 is 0 Å². The van der Waals surface area contributed by atoms with Crippen molar-refractivity contribution in [3.63, 3.8) is 0 Å². The molecule has 1 fully saturated rings. The van der Waals surface area contributed by atoms with Crippen LogP contribution < -0.4 is 10.2 Å². The maximum Gasteiger partial charge on any atom is 0.294 e. The number of nitrogens with zero attached hydrogens (tertiary/aromatic N) is 2. The van der Waals surface area contributed by atoms with E-state index in [4.69, 9.17) is 0 Å². The molecule has 0 radical (unpaired) electrons. The fourth-order valence-corrected chi connectivity index (χ4v) is 4.39. The first-order valence-corrected chi connectivity index (χ1v) is 11.1. The molecule has 0 saturated carbocycles. The molecule has 1 N–H and O–H groups in total. The molecule has 1 aliphatic heterocycles. The van der Waals surface area contributed by atoms with Crippen LogP contribution in [-0.4, -0.2) is 41.6 Å².